The van der Waals surface area contributed by atoms with Crippen LogP contribution in [0.25, 0.3) is 0 Å². The Kier molecular flexibility index (Phi) is 3.79. The van der Waals surface area contributed by atoms with Crippen LogP contribution >= 0.6 is 0 Å². The molecule has 19 heavy (non-hydrogen) atoms. The summed E-state index contributed by atoms with van der Waals surface area (Å²) in [6.07, 6.45) is 4.31. The molecule has 1 aliphatic carbocycles. The first-order chi connectivity index (χ1) is 9.33. The summed E-state index contributed by atoms with van der Waals surface area (Å²) >= 11 is 0. The van der Waals surface area contributed by atoms with Crippen molar-refractivity contribution >= 4 is 5.69 Å². The molecule has 0 atom stereocenters. The topological polar surface area (TPSA) is 59.4 Å². The molecule has 0 amide bonds. The lowest BCUT2D eigenvalue weighted by Gasteiger charge is -2.28. The molecule has 6 nitrogen and oxygen atoms in total. The number of ether oxygens (including phenoxy) is 1. The lowest BCUT2D eigenvalue weighted by atomic mass is 10.3. The van der Waals surface area contributed by atoms with Gasteiger partial charge in [-0.05, 0) is 12.8 Å². The van der Waals surface area contributed by atoms with Gasteiger partial charge in [0.25, 0.3) is 5.56 Å². The highest BCUT2D eigenvalue weighted by Crippen LogP contribution is 2.18. The van der Waals surface area contributed by atoms with E-state index >= 15 is 0 Å². The summed E-state index contributed by atoms with van der Waals surface area (Å²) in [6.45, 7) is 4.54. The first-order valence-corrected chi connectivity index (χ1v) is 6.96. The van der Waals surface area contributed by atoms with Crippen LogP contribution in [0.15, 0.2) is 17.1 Å². The molecule has 0 radical (unpaired) electrons. The Morgan fingerprint density at radius 1 is 1.37 bits per heavy atom. The third-order valence-corrected chi connectivity index (χ3v) is 3.57. The van der Waals surface area contributed by atoms with Crippen LogP contribution in [0.5, 0.6) is 0 Å². The summed E-state index contributed by atoms with van der Waals surface area (Å²) in [5.41, 5.74) is 0.876. The van der Waals surface area contributed by atoms with Crippen molar-refractivity contribution in [3.63, 3.8) is 0 Å². The maximum atomic E-state index is 12.0. The van der Waals surface area contributed by atoms with Gasteiger partial charge in [-0.25, -0.2) is 4.68 Å². The molecule has 2 aliphatic rings. The second-order valence-corrected chi connectivity index (χ2v) is 5.10. The molecule has 2 fully saturated rings. The van der Waals surface area contributed by atoms with E-state index < -0.39 is 0 Å². The van der Waals surface area contributed by atoms with Crippen molar-refractivity contribution in [2.75, 3.05) is 37.7 Å². The Morgan fingerprint density at radius 3 is 2.84 bits per heavy atom. The molecule has 3 rings (SSSR count). The molecule has 1 saturated carbocycles. The molecule has 1 aliphatic heterocycles. The van der Waals surface area contributed by atoms with E-state index in [9.17, 15) is 4.79 Å². The van der Waals surface area contributed by atoms with Gasteiger partial charge in [0.1, 0.15) is 0 Å². The molecule has 2 heterocycles. The standard InChI is InChI=1S/C13H20N4O2/c18-13-9-12(16-5-7-19-8-6-16)10-15-17(13)4-3-14-11-1-2-11/h9-11,14H,1-8H2. The van der Waals surface area contributed by atoms with Crippen molar-refractivity contribution < 1.29 is 4.74 Å². The van der Waals surface area contributed by atoms with Crippen LogP contribution in [0, 0.1) is 0 Å². The van der Waals surface area contributed by atoms with Crippen LogP contribution in [0.1, 0.15) is 12.8 Å². The Morgan fingerprint density at radius 2 is 2.16 bits per heavy atom. The van der Waals surface area contributed by atoms with E-state index in [1.807, 2.05) is 0 Å². The smallest absolute Gasteiger partial charge is 0.268 e. The Labute approximate surface area is 112 Å². The number of morpholine rings is 1. The van der Waals surface area contributed by atoms with Gasteiger partial charge in [-0.15, -0.1) is 0 Å². The minimum Gasteiger partial charge on any atom is -0.378 e. The highest BCUT2D eigenvalue weighted by atomic mass is 16.5. The molecule has 1 aromatic heterocycles. The van der Waals surface area contributed by atoms with E-state index in [2.05, 4.69) is 15.3 Å². The highest BCUT2D eigenvalue weighted by Gasteiger charge is 2.19. The highest BCUT2D eigenvalue weighted by molar-refractivity contribution is 5.43. The number of nitrogens with zero attached hydrogens (tertiary/aromatic N) is 3. The fraction of sp³-hybridized carbons (Fsp3) is 0.692. The summed E-state index contributed by atoms with van der Waals surface area (Å²) in [4.78, 5) is 14.1. The fourth-order valence-corrected chi connectivity index (χ4v) is 2.25. The van der Waals surface area contributed by atoms with E-state index in [1.165, 1.54) is 17.5 Å². The zero-order chi connectivity index (χ0) is 13.1. The Hall–Kier alpha value is -1.40. The molecule has 1 aromatic rings. The Bertz CT molecular complexity index is 478. The molecule has 0 spiro atoms. The van der Waals surface area contributed by atoms with E-state index in [0.717, 1.165) is 25.3 Å². The predicted octanol–water partition coefficient (Wildman–Crippen LogP) is -0.168. The largest absolute Gasteiger partial charge is 0.378 e. The average Bonchev–Trinajstić information content (AvgIpc) is 3.26. The van der Waals surface area contributed by atoms with Crippen LogP contribution in [0.2, 0.25) is 0 Å². The van der Waals surface area contributed by atoms with Crippen LogP contribution < -0.4 is 15.8 Å². The van der Waals surface area contributed by atoms with Crippen LogP contribution in [0.3, 0.4) is 0 Å². The third kappa shape index (κ3) is 3.33. The van der Waals surface area contributed by atoms with E-state index in [0.29, 0.717) is 25.8 Å². The number of anilines is 1. The molecular weight excluding hydrogens is 244 g/mol. The molecule has 0 unspecified atom stereocenters. The van der Waals surface area contributed by atoms with Crippen molar-refractivity contribution in [1.29, 1.82) is 0 Å². The van der Waals surface area contributed by atoms with Gasteiger partial charge in [-0.3, -0.25) is 4.79 Å². The molecule has 0 aromatic carbocycles. The first-order valence-electron chi connectivity index (χ1n) is 6.96. The normalized spacial score (nSPS) is 19.7. The maximum absolute atomic E-state index is 12.0. The monoisotopic (exact) mass is 264 g/mol. The van der Waals surface area contributed by atoms with Crippen molar-refractivity contribution in [2.24, 2.45) is 0 Å². The van der Waals surface area contributed by atoms with Gasteiger partial charge in [-0.1, -0.05) is 0 Å². The predicted molar refractivity (Wildman–Crippen MR) is 72.6 cm³/mol. The van der Waals surface area contributed by atoms with E-state index in [4.69, 9.17) is 4.74 Å². The molecule has 6 heteroatoms. The molecule has 104 valence electrons. The maximum Gasteiger partial charge on any atom is 0.268 e. The molecular formula is C13H20N4O2. The molecule has 1 saturated heterocycles. The van der Waals surface area contributed by atoms with Crippen molar-refractivity contribution in [3.8, 4) is 0 Å². The summed E-state index contributed by atoms with van der Waals surface area (Å²) in [6, 6.07) is 2.35. The van der Waals surface area contributed by atoms with Crippen molar-refractivity contribution in [2.45, 2.75) is 25.4 Å². The van der Waals surface area contributed by atoms with Crippen molar-refractivity contribution in [1.82, 2.24) is 15.1 Å². The number of hydrogen-bond acceptors (Lipinski definition) is 5. The zero-order valence-corrected chi connectivity index (χ0v) is 11.0. The van der Waals surface area contributed by atoms with Gasteiger partial charge in [0.2, 0.25) is 0 Å². The SMILES string of the molecule is O=c1cc(N2CCOCC2)cnn1CCNC1CC1. The second kappa shape index (κ2) is 5.71. The van der Waals surface area contributed by atoms with Gasteiger partial charge < -0.3 is 15.0 Å². The van der Waals surface area contributed by atoms with Crippen LogP contribution in [-0.2, 0) is 11.3 Å². The minimum atomic E-state index is -0.0263. The number of aromatic nitrogens is 2. The minimum absolute atomic E-state index is 0.0263. The number of rotatable bonds is 5. The van der Waals surface area contributed by atoms with Crippen LogP contribution in [-0.4, -0.2) is 48.7 Å². The van der Waals surface area contributed by atoms with E-state index in [-0.39, 0.29) is 5.56 Å². The van der Waals surface area contributed by atoms with Crippen LogP contribution in [0.4, 0.5) is 5.69 Å². The number of nitrogens with one attached hydrogen (secondary N) is 1. The van der Waals surface area contributed by atoms with Gasteiger partial charge in [0.15, 0.2) is 0 Å². The van der Waals surface area contributed by atoms with Gasteiger partial charge >= 0.3 is 0 Å². The van der Waals surface area contributed by atoms with Gasteiger partial charge in [-0.2, -0.15) is 5.10 Å². The Balaban J connectivity index is 1.61. The third-order valence-electron chi connectivity index (χ3n) is 3.57. The fourth-order valence-electron chi connectivity index (χ4n) is 2.25. The van der Waals surface area contributed by atoms with Gasteiger partial charge in [0, 0.05) is 31.7 Å². The quantitative estimate of drug-likeness (QED) is 0.800. The van der Waals surface area contributed by atoms with Crippen molar-refractivity contribution in [3.05, 3.63) is 22.6 Å². The van der Waals surface area contributed by atoms with Gasteiger partial charge in [0.05, 0.1) is 31.6 Å². The molecule has 1 N–H and O–H groups in total. The lowest BCUT2D eigenvalue weighted by molar-refractivity contribution is 0.122. The zero-order valence-electron chi connectivity index (χ0n) is 11.0. The number of hydrogen-bond donors (Lipinski definition) is 1. The summed E-state index contributed by atoms with van der Waals surface area (Å²) in [5, 5.41) is 7.64. The molecule has 0 bridgehead atoms. The first kappa shape index (κ1) is 12.6. The van der Waals surface area contributed by atoms with E-state index in [1.54, 1.807) is 12.3 Å². The summed E-state index contributed by atoms with van der Waals surface area (Å²) in [5.74, 6) is 0. The lowest BCUT2D eigenvalue weighted by Crippen LogP contribution is -2.37. The average molecular weight is 264 g/mol. The second-order valence-electron chi connectivity index (χ2n) is 5.10. The summed E-state index contributed by atoms with van der Waals surface area (Å²) < 4.78 is 6.83. The summed E-state index contributed by atoms with van der Waals surface area (Å²) in [7, 11) is 0.